The van der Waals surface area contributed by atoms with Crippen LogP contribution in [0.3, 0.4) is 0 Å². The van der Waals surface area contributed by atoms with E-state index in [-0.39, 0.29) is 5.56 Å². The molecule has 0 bridgehead atoms. The molecule has 1 fully saturated rings. The van der Waals surface area contributed by atoms with Crippen LogP contribution in [0.25, 0.3) is 0 Å². The fourth-order valence-electron chi connectivity index (χ4n) is 2.38. The van der Waals surface area contributed by atoms with Gasteiger partial charge in [-0.15, -0.1) is 0 Å². The van der Waals surface area contributed by atoms with Gasteiger partial charge in [-0.2, -0.15) is 5.10 Å². The van der Waals surface area contributed by atoms with E-state index in [1.165, 1.54) is 17.6 Å². The number of rotatable bonds is 4. The van der Waals surface area contributed by atoms with E-state index < -0.39 is 0 Å². The van der Waals surface area contributed by atoms with E-state index >= 15 is 0 Å². The second-order valence-corrected chi connectivity index (χ2v) is 6.58. The Balaban J connectivity index is 1.97. The molecular formula is C14H23BrN4O. The molecule has 0 atom stereocenters. The van der Waals surface area contributed by atoms with Gasteiger partial charge in [-0.1, -0.05) is 13.8 Å². The minimum Gasteiger partial charge on any atom is -0.367 e. The highest BCUT2D eigenvalue weighted by Crippen LogP contribution is 2.22. The molecule has 0 unspecified atom stereocenters. The van der Waals surface area contributed by atoms with Crippen LogP contribution in [0.5, 0.6) is 0 Å². The first kappa shape index (κ1) is 15.5. The van der Waals surface area contributed by atoms with E-state index in [4.69, 9.17) is 0 Å². The Morgan fingerprint density at radius 3 is 2.55 bits per heavy atom. The normalized spacial score (nSPS) is 16.9. The SMILES string of the molecule is CC(C)CCN1CCN(c2cnn(C)c(=O)c2Br)CC1. The van der Waals surface area contributed by atoms with E-state index in [0.717, 1.165) is 37.8 Å². The van der Waals surface area contributed by atoms with Crippen LogP contribution >= 0.6 is 15.9 Å². The molecule has 1 aliphatic heterocycles. The van der Waals surface area contributed by atoms with Crippen molar-refractivity contribution < 1.29 is 0 Å². The van der Waals surface area contributed by atoms with Crippen molar-refractivity contribution in [2.24, 2.45) is 13.0 Å². The number of aromatic nitrogens is 2. The topological polar surface area (TPSA) is 41.4 Å². The molecule has 2 rings (SSSR count). The molecule has 1 saturated heterocycles. The van der Waals surface area contributed by atoms with Crippen molar-refractivity contribution in [2.75, 3.05) is 37.6 Å². The molecule has 1 aromatic rings. The zero-order valence-corrected chi connectivity index (χ0v) is 14.1. The van der Waals surface area contributed by atoms with Crippen LogP contribution < -0.4 is 10.5 Å². The van der Waals surface area contributed by atoms with E-state index in [1.54, 1.807) is 13.2 Å². The molecule has 0 radical (unpaired) electrons. The number of anilines is 1. The second-order valence-electron chi connectivity index (χ2n) is 5.78. The van der Waals surface area contributed by atoms with E-state index in [2.05, 4.69) is 44.7 Å². The second kappa shape index (κ2) is 6.72. The quantitative estimate of drug-likeness (QED) is 0.835. The van der Waals surface area contributed by atoms with Crippen LogP contribution in [0.1, 0.15) is 20.3 Å². The molecule has 0 aliphatic carbocycles. The monoisotopic (exact) mass is 342 g/mol. The van der Waals surface area contributed by atoms with Gasteiger partial charge in [-0.05, 0) is 34.8 Å². The summed E-state index contributed by atoms with van der Waals surface area (Å²) in [5.41, 5.74) is 0.835. The van der Waals surface area contributed by atoms with Gasteiger partial charge in [-0.3, -0.25) is 9.69 Å². The van der Waals surface area contributed by atoms with Crippen molar-refractivity contribution in [3.8, 4) is 0 Å². The lowest BCUT2D eigenvalue weighted by atomic mass is 10.1. The average molecular weight is 343 g/mol. The average Bonchev–Trinajstić information content (AvgIpc) is 2.43. The predicted molar refractivity (Wildman–Crippen MR) is 85.3 cm³/mol. The Morgan fingerprint density at radius 1 is 1.30 bits per heavy atom. The Kier molecular flexibility index (Phi) is 5.21. The lowest BCUT2D eigenvalue weighted by Gasteiger charge is -2.36. The smallest absolute Gasteiger partial charge is 0.282 e. The summed E-state index contributed by atoms with van der Waals surface area (Å²) in [5.74, 6) is 0.753. The minimum absolute atomic E-state index is 0.0789. The fourth-order valence-corrected chi connectivity index (χ4v) is 2.99. The van der Waals surface area contributed by atoms with Gasteiger partial charge in [0.25, 0.3) is 5.56 Å². The summed E-state index contributed by atoms with van der Waals surface area (Å²) in [7, 11) is 1.67. The number of piperazine rings is 1. The van der Waals surface area contributed by atoms with Gasteiger partial charge in [0.1, 0.15) is 4.47 Å². The Bertz CT molecular complexity index is 506. The van der Waals surface area contributed by atoms with Gasteiger partial charge < -0.3 is 4.90 Å². The van der Waals surface area contributed by atoms with Crippen molar-refractivity contribution in [1.29, 1.82) is 0 Å². The molecule has 20 heavy (non-hydrogen) atoms. The predicted octanol–water partition coefficient (Wildman–Crippen LogP) is 1.71. The summed E-state index contributed by atoms with van der Waals surface area (Å²) < 4.78 is 1.97. The molecule has 0 saturated carbocycles. The van der Waals surface area contributed by atoms with Gasteiger partial charge in [-0.25, -0.2) is 4.68 Å². The van der Waals surface area contributed by atoms with Crippen molar-refractivity contribution in [2.45, 2.75) is 20.3 Å². The third-order valence-electron chi connectivity index (χ3n) is 3.80. The summed E-state index contributed by atoms with van der Waals surface area (Å²) in [6.07, 6.45) is 3.02. The number of hydrogen-bond acceptors (Lipinski definition) is 4. The number of halogens is 1. The van der Waals surface area contributed by atoms with E-state index in [1.807, 2.05) is 0 Å². The van der Waals surface area contributed by atoms with Crippen LogP contribution in [0.15, 0.2) is 15.5 Å². The fraction of sp³-hybridized carbons (Fsp3) is 0.714. The number of hydrogen-bond donors (Lipinski definition) is 0. The number of nitrogens with zero attached hydrogens (tertiary/aromatic N) is 4. The van der Waals surface area contributed by atoms with Crippen molar-refractivity contribution in [3.05, 3.63) is 21.0 Å². The maximum atomic E-state index is 11.9. The molecule has 0 spiro atoms. The van der Waals surface area contributed by atoms with Crippen LogP contribution in [-0.4, -0.2) is 47.4 Å². The van der Waals surface area contributed by atoms with Crippen LogP contribution in [0.4, 0.5) is 5.69 Å². The van der Waals surface area contributed by atoms with E-state index in [9.17, 15) is 4.79 Å². The largest absolute Gasteiger partial charge is 0.367 e. The molecule has 1 aliphatic rings. The Hall–Kier alpha value is -0.880. The molecule has 112 valence electrons. The summed E-state index contributed by atoms with van der Waals surface area (Å²) in [4.78, 5) is 16.6. The highest BCUT2D eigenvalue weighted by molar-refractivity contribution is 9.10. The van der Waals surface area contributed by atoms with Gasteiger partial charge in [0, 0.05) is 33.2 Å². The minimum atomic E-state index is -0.0789. The highest BCUT2D eigenvalue weighted by Gasteiger charge is 2.20. The van der Waals surface area contributed by atoms with E-state index in [0.29, 0.717) is 4.47 Å². The Morgan fingerprint density at radius 2 is 1.95 bits per heavy atom. The molecule has 1 aromatic heterocycles. The zero-order chi connectivity index (χ0) is 14.7. The third kappa shape index (κ3) is 3.61. The molecule has 0 aromatic carbocycles. The summed E-state index contributed by atoms with van der Waals surface area (Å²) in [6.45, 7) is 9.69. The van der Waals surface area contributed by atoms with Crippen LogP contribution in [0, 0.1) is 5.92 Å². The summed E-state index contributed by atoms with van der Waals surface area (Å²) in [5, 5.41) is 4.11. The first-order valence-corrected chi connectivity index (χ1v) is 7.97. The summed E-state index contributed by atoms with van der Waals surface area (Å²) >= 11 is 3.40. The van der Waals surface area contributed by atoms with Crippen molar-refractivity contribution in [3.63, 3.8) is 0 Å². The number of aryl methyl sites for hydroxylation is 1. The maximum Gasteiger partial charge on any atom is 0.282 e. The van der Waals surface area contributed by atoms with Gasteiger partial charge in [0.2, 0.25) is 0 Å². The third-order valence-corrected chi connectivity index (χ3v) is 4.54. The summed E-state index contributed by atoms with van der Waals surface area (Å²) in [6, 6.07) is 0. The molecule has 0 N–H and O–H groups in total. The first-order valence-electron chi connectivity index (χ1n) is 7.18. The molecule has 0 amide bonds. The Labute approximate surface area is 128 Å². The van der Waals surface area contributed by atoms with Gasteiger partial charge >= 0.3 is 0 Å². The maximum absolute atomic E-state index is 11.9. The van der Waals surface area contributed by atoms with Crippen LogP contribution in [-0.2, 0) is 7.05 Å². The molecule has 6 heteroatoms. The lowest BCUT2D eigenvalue weighted by Crippen LogP contribution is -2.47. The molecular weight excluding hydrogens is 320 g/mol. The van der Waals surface area contributed by atoms with Gasteiger partial charge in [0.15, 0.2) is 0 Å². The standard InChI is InChI=1S/C14H23BrN4O/c1-11(2)4-5-18-6-8-19(9-7-18)12-10-16-17(3)14(20)13(12)15/h10-11H,4-9H2,1-3H3. The zero-order valence-electron chi connectivity index (χ0n) is 12.5. The molecule has 5 nitrogen and oxygen atoms in total. The highest BCUT2D eigenvalue weighted by atomic mass is 79.9. The molecule has 2 heterocycles. The van der Waals surface area contributed by atoms with Crippen molar-refractivity contribution >= 4 is 21.6 Å². The van der Waals surface area contributed by atoms with Gasteiger partial charge in [0.05, 0.1) is 11.9 Å². The first-order chi connectivity index (χ1) is 9.49. The van der Waals surface area contributed by atoms with Crippen molar-refractivity contribution in [1.82, 2.24) is 14.7 Å². The lowest BCUT2D eigenvalue weighted by molar-refractivity contribution is 0.243. The van der Waals surface area contributed by atoms with Crippen LogP contribution in [0.2, 0.25) is 0 Å².